The number of hydroxylamine groups is 1. The first-order chi connectivity index (χ1) is 9.54. The second kappa shape index (κ2) is 5.87. The molecule has 1 N–H and O–H groups in total. The van der Waals surface area contributed by atoms with Gasteiger partial charge in [0.05, 0.1) is 12.8 Å². The lowest BCUT2D eigenvalue weighted by Gasteiger charge is -2.22. The van der Waals surface area contributed by atoms with Crippen molar-refractivity contribution in [3.8, 4) is 0 Å². The van der Waals surface area contributed by atoms with Crippen molar-refractivity contribution in [1.82, 2.24) is 9.88 Å². The lowest BCUT2D eigenvalue weighted by molar-refractivity contribution is -0.141. The molecule has 1 aromatic rings. The molecule has 108 valence electrons. The number of carbonyl (C=O) groups is 2. The van der Waals surface area contributed by atoms with E-state index in [0.29, 0.717) is 25.1 Å². The van der Waals surface area contributed by atoms with Gasteiger partial charge in [0.1, 0.15) is 11.7 Å². The van der Waals surface area contributed by atoms with Gasteiger partial charge in [-0.25, -0.2) is 4.79 Å². The third-order valence-electron chi connectivity index (χ3n) is 3.40. The Hall–Kier alpha value is -2.15. The average molecular weight is 279 g/mol. The van der Waals surface area contributed by atoms with Crippen molar-refractivity contribution < 1.29 is 19.5 Å². The summed E-state index contributed by atoms with van der Waals surface area (Å²) in [6.07, 6.45) is 2.68. The van der Waals surface area contributed by atoms with Gasteiger partial charge in [-0.2, -0.15) is 0 Å². The molecule has 2 heterocycles. The summed E-state index contributed by atoms with van der Waals surface area (Å²) in [4.78, 5) is 33.9. The summed E-state index contributed by atoms with van der Waals surface area (Å²) < 4.78 is 0. The third kappa shape index (κ3) is 2.72. The van der Waals surface area contributed by atoms with E-state index >= 15 is 0 Å². The maximum Gasteiger partial charge on any atom is 0.326 e. The number of likely N-dealkylation sites (tertiary alicyclic amines) is 1. The maximum atomic E-state index is 12.4. The molecule has 0 spiro atoms. The van der Waals surface area contributed by atoms with Crippen LogP contribution in [0, 0.1) is 0 Å². The molecular formula is C13H17N3O4. The highest BCUT2D eigenvalue weighted by atomic mass is 16.7. The van der Waals surface area contributed by atoms with Gasteiger partial charge in [0.15, 0.2) is 0 Å². The molecule has 7 heteroatoms. The third-order valence-corrected chi connectivity index (χ3v) is 3.40. The Morgan fingerprint density at radius 3 is 2.95 bits per heavy atom. The van der Waals surface area contributed by atoms with Crippen molar-refractivity contribution in [3.05, 3.63) is 24.0 Å². The summed E-state index contributed by atoms with van der Waals surface area (Å²) in [7, 11) is 3.22. The second-order valence-corrected chi connectivity index (χ2v) is 4.57. The molecule has 0 unspecified atom stereocenters. The quantitative estimate of drug-likeness (QED) is 0.820. The van der Waals surface area contributed by atoms with E-state index in [-0.39, 0.29) is 11.6 Å². The fourth-order valence-corrected chi connectivity index (χ4v) is 2.25. The van der Waals surface area contributed by atoms with E-state index in [1.165, 1.54) is 23.3 Å². The topological polar surface area (TPSA) is 83.0 Å². The van der Waals surface area contributed by atoms with Crippen molar-refractivity contribution in [2.75, 3.05) is 25.8 Å². The molecule has 1 aliphatic rings. The minimum absolute atomic E-state index is 0.222. The average Bonchev–Trinajstić information content (AvgIpc) is 2.95. The second-order valence-electron chi connectivity index (χ2n) is 4.57. The molecule has 0 aliphatic carbocycles. The van der Waals surface area contributed by atoms with Crippen molar-refractivity contribution in [2.24, 2.45) is 0 Å². The van der Waals surface area contributed by atoms with E-state index < -0.39 is 12.0 Å². The first kappa shape index (κ1) is 14.3. The zero-order valence-corrected chi connectivity index (χ0v) is 11.4. The summed E-state index contributed by atoms with van der Waals surface area (Å²) in [6, 6.07) is 2.54. The number of amides is 1. The molecule has 0 aromatic carbocycles. The SMILES string of the molecule is CON(C)c1ccnc(C(=O)N2CCC[C@H]2C(=O)O)c1. The van der Waals surface area contributed by atoms with Gasteiger partial charge in [0, 0.05) is 19.8 Å². The highest BCUT2D eigenvalue weighted by Gasteiger charge is 2.34. The predicted octanol–water partition coefficient (Wildman–Crippen LogP) is 0.768. The summed E-state index contributed by atoms with van der Waals surface area (Å²) >= 11 is 0. The fraction of sp³-hybridized carbons (Fsp3) is 0.462. The Kier molecular flexibility index (Phi) is 4.19. The number of hydrogen-bond donors (Lipinski definition) is 1. The molecule has 1 atom stereocenters. The van der Waals surface area contributed by atoms with E-state index in [2.05, 4.69) is 4.98 Å². The first-order valence-electron chi connectivity index (χ1n) is 6.32. The maximum absolute atomic E-state index is 12.4. The van der Waals surface area contributed by atoms with Gasteiger partial charge in [-0.1, -0.05) is 0 Å². The minimum Gasteiger partial charge on any atom is -0.480 e. The highest BCUT2D eigenvalue weighted by molar-refractivity contribution is 5.96. The van der Waals surface area contributed by atoms with E-state index in [1.54, 1.807) is 19.2 Å². The predicted molar refractivity (Wildman–Crippen MR) is 71.3 cm³/mol. The Bertz CT molecular complexity index is 520. The smallest absolute Gasteiger partial charge is 0.326 e. The number of carboxylic acids is 1. The fourth-order valence-electron chi connectivity index (χ4n) is 2.25. The van der Waals surface area contributed by atoms with E-state index in [1.807, 2.05) is 0 Å². The Balaban J connectivity index is 2.23. The molecule has 1 aliphatic heterocycles. The van der Waals surface area contributed by atoms with Crippen molar-refractivity contribution >= 4 is 17.6 Å². The number of nitrogens with zero attached hydrogens (tertiary/aromatic N) is 3. The van der Waals surface area contributed by atoms with Crippen LogP contribution in [0.4, 0.5) is 5.69 Å². The van der Waals surface area contributed by atoms with Gasteiger partial charge in [0.25, 0.3) is 5.91 Å². The Morgan fingerprint density at radius 2 is 2.30 bits per heavy atom. The lowest BCUT2D eigenvalue weighted by atomic mass is 10.2. The molecule has 0 radical (unpaired) electrons. The number of aromatic nitrogens is 1. The molecule has 1 saturated heterocycles. The Labute approximate surface area is 116 Å². The van der Waals surface area contributed by atoms with E-state index in [4.69, 9.17) is 9.94 Å². The monoisotopic (exact) mass is 279 g/mol. The molecular weight excluding hydrogens is 262 g/mol. The molecule has 1 fully saturated rings. The summed E-state index contributed by atoms with van der Waals surface area (Å²) in [5.41, 5.74) is 0.900. The Morgan fingerprint density at radius 1 is 1.55 bits per heavy atom. The van der Waals surface area contributed by atoms with Crippen LogP contribution in [-0.4, -0.2) is 53.6 Å². The van der Waals surface area contributed by atoms with Crippen LogP contribution in [0.5, 0.6) is 0 Å². The summed E-state index contributed by atoms with van der Waals surface area (Å²) in [6.45, 7) is 0.446. The molecule has 0 saturated carbocycles. The number of carbonyl (C=O) groups excluding carboxylic acids is 1. The molecule has 1 aromatic heterocycles. The van der Waals surface area contributed by atoms with Gasteiger partial charge in [-0.05, 0) is 25.0 Å². The van der Waals surface area contributed by atoms with Crippen molar-refractivity contribution in [1.29, 1.82) is 0 Å². The highest BCUT2D eigenvalue weighted by Crippen LogP contribution is 2.21. The normalized spacial score (nSPS) is 18.1. The molecule has 1 amide bonds. The first-order valence-corrected chi connectivity index (χ1v) is 6.32. The van der Waals surface area contributed by atoms with Crippen LogP contribution in [0.3, 0.4) is 0 Å². The molecule has 0 bridgehead atoms. The largest absolute Gasteiger partial charge is 0.480 e. The van der Waals surface area contributed by atoms with Crippen molar-refractivity contribution in [3.63, 3.8) is 0 Å². The van der Waals surface area contributed by atoms with E-state index in [9.17, 15) is 9.59 Å². The summed E-state index contributed by atoms with van der Waals surface area (Å²) in [5.74, 6) is -1.33. The van der Waals surface area contributed by atoms with Gasteiger partial charge in [0.2, 0.25) is 0 Å². The summed E-state index contributed by atoms with van der Waals surface area (Å²) in [5, 5.41) is 10.6. The standard InChI is InChI=1S/C13H17N3O4/c1-15(20-2)9-5-6-14-10(8-9)12(17)16-7-3-4-11(16)13(18)19/h5-6,8,11H,3-4,7H2,1-2H3,(H,18,19)/t11-/m0/s1. The molecule has 20 heavy (non-hydrogen) atoms. The van der Waals surface area contributed by atoms with Crippen LogP contribution in [0.25, 0.3) is 0 Å². The van der Waals surface area contributed by atoms with Crippen LogP contribution in [-0.2, 0) is 9.63 Å². The zero-order chi connectivity index (χ0) is 14.7. The number of anilines is 1. The lowest BCUT2D eigenvalue weighted by Crippen LogP contribution is -2.40. The van der Waals surface area contributed by atoms with Gasteiger partial charge < -0.3 is 10.0 Å². The number of pyridine rings is 1. The van der Waals surface area contributed by atoms with Crippen LogP contribution in [0.2, 0.25) is 0 Å². The van der Waals surface area contributed by atoms with Gasteiger partial charge in [-0.15, -0.1) is 0 Å². The number of aliphatic carboxylic acids is 1. The molecule has 7 nitrogen and oxygen atoms in total. The number of carboxylic acid groups (broad SMARTS) is 1. The zero-order valence-electron chi connectivity index (χ0n) is 11.4. The number of rotatable bonds is 4. The van der Waals surface area contributed by atoms with E-state index in [0.717, 1.165) is 0 Å². The minimum atomic E-state index is -0.971. The number of hydrogen-bond acceptors (Lipinski definition) is 5. The van der Waals surface area contributed by atoms with Crippen molar-refractivity contribution in [2.45, 2.75) is 18.9 Å². The molecule has 2 rings (SSSR count). The van der Waals surface area contributed by atoms with Crippen LogP contribution < -0.4 is 5.06 Å². The van der Waals surface area contributed by atoms with Crippen LogP contribution >= 0.6 is 0 Å². The van der Waals surface area contributed by atoms with Crippen LogP contribution in [0.1, 0.15) is 23.3 Å². The van der Waals surface area contributed by atoms with Gasteiger partial charge >= 0.3 is 5.97 Å². The van der Waals surface area contributed by atoms with Gasteiger partial charge in [-0.3, -0.25) is 19.7 Å². The van der Waals surface area contributed by atoms with Crippen LogP contribution in [0.15, 0.2) is 18.3 Å².